The largest absolute Gasteiger partial charge is 0.342 e. The number of amides is 1. The summed E-state index contributed by atoms with van der Waals surface area (Å²) >= 11 is 0. The highest BCUT2D eigenvalue weighted by molar-refractivity contribution is 5.74. The molecule has 16 heavy (non-hydrogen) atoms. The fraction of sp³-hybridized carbons (Fsp3) is 0.417. The first-order valence-electron chi connectivity index (χ1n) is 5.25. The van der Waals surface area contributed by atoms with Crippen molar-refractivity contribution in [3.63, 3.8) is 0 Å². The van der Waals surface area contributed by atoms with Gasteiger partial charge in [0.2, 0.25) is 5.91 Å². The molecule has 0 saturated carbocycles. The number of hydrogen-bond acceptors (Lipinski definition) is 1. The molecule has 0 bridgehead atoms. The number of hydrogen-bond donors (Lipinski definition) is 0. The molecule has 0 N–H and O–H groups in total. The van der Waals surface area contributed by atoms with Crippen LogP contribution in [0, 0.1) is 17.6 Å². The molecule has 1 aliphatic rings. The molecule has 2 nitrogen and oxygen atoms in total. The Balaban J connectivity index is 1.91. The van der Waals surface area contributed by atoms with Gasteiger partial charge in [0.05, 0.1) is 0 Å². The van der Waals surface area contributed by atoms with Crippen LogP contribution >= 0.6 is 0 Å². The van der Waals surface area contributed by atoms with E-state index in [1.165, 1.54) is 13.0 Å². The summed E-state index contributed by atoms with van der Waals surface area (Å²) in [5.74, 6) is -1.18. The Labute approximate surface area is 92.9 Å². The van der Waals surface area contributed by atoms with Crippen LogP contribution in [0.3, 0.4) is 0 Å². The van der Waals surface area contributed by atoms with E-state index in [1.807, 2.05) is 0 Å². The minimum atomic E-state index is -0.817. The molecule has 1 aromatic carbocycles. The Bertz CT molecular complexity index is 413. The molecule has 4 heteroatoms. The van der Waals surface area contributed by atoms with E-state index in [4.69, 9.17) is 0 Å². The predicted octanol–water partition coefficient (Wildman–Crippen LogP) is 1.99. The number of benzene rings is 1. The van der Waals surface area contributed by atoms with Crippen molar-refractivity contribution >= 4 is 5.91 Å². The van der Waals surface area contributed by atoms with E-state index < -0.39 is 11.6 Å². The van der Waals surface area contributed by atoms with E-state index in [-0.39, 0.29) is 5.91 Å². The molecule has 0 spiro atoms. The first-order valence-corrected chi connectivity index (χ1v) is 5.25. The normalized spacial score (nSPS) is 16.1. The van der Waals surface area contributed by atoms with E-state index >= 15 is 0 Å². The van der Waals surface area contributed by atoms with Gasteiger partial charge in [-0.05, 0) is 30.0 Å². The Hall–Kier alpha value is -1.45. The zero-order chi connectivity index (χ0) is 11.7. The van der Waals surface area contributed by atoms with Gasteiger partial charge in [0, 0.05) is 20.0 Å². The van der Waals surface area contributed by atoms with Crippen molar-refractivity contribution in [2.24, 2.45) is 5.92 Å². The maximum absolute atomic E-state index is 12.9. The van der Waals surface area contributed by atoms with Gasteiger partial charge in [0.1, 0.15) is 0 Å². The van der Waals surface area contributed by atoms with Gasteiger partial charge in [0.25, 0.3) is 0 Å². The average molecular weight is 225 g/mol. The van der Waals surface area contributed by atoms with Crippen LogP contribution in [-0.4, -0.2) is 23.9 Å². The lowest BCUT2D eigenvalue weighted by Gasteiger charge is -2.38. The third-order valence-corrected chi connectivity index (χ3v) is 2.91. The summed E-state index contributed by atoms with van der Waals surface area (Å²) in [7, 11) is 0. The Morgan fingerprint density at radius 3 is 2.62 bits per heavy atom. The Kier molecular flexibility index (Phi) is 2.90. The van der Waals surface area contributed by atoms with Gasteiger partial charge in [-0.1, -0.05) is 6.07 Å². The van der Waals surface area contributed by atoms with Crippen molar-refractivity contribution in [2.45, 2.75) is 13.3 Å². The summed E-state index contributed by atoms with van der Waals surface area (Å²) in [6.07, 6.45) is 0.695. The van der Waals surface area contributed by atoms with Crippen LogP contribution in [-0.2, 0) is 11.2 Å². The number of likely N-dealkylation sites (tertiary alicyclic amines) is 1. The molecule has 2 rings (SSSR count). The van der Waals surface area contributed by atoms with Gasteiger partial charge >= 0.3 is 0 Å². The first kappa shape index (κ1) is 11.0. The molecular formula is C12H13F2NO. The number of carbonyl (C=O) groups excluding carboxylic acids is 1. The molecular weight excluding hydrogens is 212 g/mol. The lowest BCUT2D eigenvalue weighted by atomic mass is 9.92. The standard InChI is InChI=1S/C12H13F2NO/c1-8(16)15-6-10(7-15)4-9-2-3-11(13)12(14)5-9/h2-3,5,10H,4,6-7H2,1H3. The van der Waals surface area contributed by atoms with E-state index in [9.17, 15) is 13.6 Å². The lowest BCUT2D eigenvalue weighted by Crippen LogP contribution is -2.49. The highest BCUT2D eigenvalue weighted by Gasteiger charge is 2.28. The van der Waals surface area contributed by atoms with Crippen molar-refractivity contribution in [3.05, 3.63) is 35.4 Å². The van der Waals surface area contributed by atoms with Gasteiger partial charge in [-0.2, -0.15) is 0 Å². The van der Waals surface area contributed by atoms with Gasteiger partial charge in [-0.25, -0.2) is 8.78 Å². The molecule has 1 amide bonds. The van der Waals surface area contributed by atoms with Gasteiger partial charge in [-0.3, -0.25) is 4.79 Å². The predicted molar refractivity (Wildman–Crippen MR) is 55.8 cm³/mol. The zero-order valence-corrected chi connectivity index (χ0v) is 9.04. The second-order valence-corrected chi connectivity index (χ2v) is 4.24. The van der Waals surface area contributed by atoms with Crippen LogP contribution in [0.2, 0.25) is 0 Å². The fourth-order valence-electron chi connectivity index (χ4n) is 1.96. The highest BCUT2D eigenvalue weighted by Crippen LogP contribution is 2.21. The van der Waals surface area contributed by atoms with E-state index in [0.29, 0.717) is 25.4 Å². The summed E-state index contributed by atoms with van der Waals surface area (Å²) in [6, 6.07) is 3.96. The Morgan fingerprint density at radius 1 is 1.38 bits per heavy atom. The van der Waals surface area contributed by atoms with Crippen molar-refractivity contribution in [3.8, 4) is 0 Å². The Morgan fingerprint density at radius 2 is 2.06 bits per heavy atom. The van der Waals surface area contributed by atoms with Crippen molar-refractivity contribution < 1.29 is 13.6 Å². The summed E-state index contributed by atoms with van der Waals surface area (Å²) in [5, 5.41) is 0. The quantitative estimate of drug-likeness (QED) is 0.753. The molecule has 0 aromatic heterocycles. The van der Waals surface area contributed by atoms with Gasteiger partial charge in [0.15, 0.2) is 11.6 Å². The molecule has 0 radical (unpaired) electrons. The van der Waals surface area contributed by atoms with Crippen LogP contribution < -0.4 is 0 Å². The summed E-state index contributed by atoms with van der Waals surface area (Å²) < 4.78 is 25.6. The van der Waals surface area contributed by atoms with Crippen LogP contribution in [0.1, 0.15) is 12.5 Å². The SMILES string of the molecule is CC(=O)N1CC(Cc2ccc(F)c(F)c2)C1. The number of halogens is 2. The monoisotopic (exact) mass is 225 g/mol. The van der Waals surface area contributed by atoms with Crippen LogP contribution in [0.15, 0.2) is 18.2 Å². The minimum Gasteiger partial charge on any atom is -0.342 e. The first-order chi connectivity index (χ1) is 7.56. The van der Waals surface area contributed by atoms with Crippen molar-refractivity contribution in [1.29, 1.82) is 0 Å². The third-order valence-electron chi connectivity index (χ3n) is 2.91. The molecule has 1 aromatic rings. The second kappa shape index (κ2) is 4.20. The molecule has 1 saturated heterocycles. The van der Waals surface area contributed by atoms with E-state index in [1.54, 1.807) is 11.0 Å². The fourth-order valence-corrected chi connectivity index (χ4v) is 1.96. The van der Waals surface area contributed by atoms with Crippen molar-refractivity contribution in [2.75, 3.05) is 13.1 Å². The summed E-state index contributed by atoms with van der Waals surface area (Å²) in [5.41, 5.74) is 0.784. The number of carbonyl (C=O) groups is 1. The smallest absolute Gasteiger partial charge is 0.219 e. The zero-order valence-electron chi connectivity index (χ0n) is 9.04. The topological polar surface area (TPSA) is 20.3 Å². The summed E-state index contributed by atoms with van der Waals surface area (Å²) in [4.78, 5) is 12.7. The summed E-state index contributed by atoms with van der Waals surface area (Å²) in [6.45, 7) is 2.97. The van der Waals surface area contributed by atoms with Crippen molar-refractivity contribution in [1.82, 2.24) is 4.90 Å². The van der Waals surface area contributed by atoms with Crippen LogP contribution in [0.5, 0.6) is 0 Å². The maximum atomic E-state index is 12.9. The molecule has 1 heterocycles. The average Bonchev–Trinajstić information content (AvgIpc) is 2.15. The second-order valence-electron chi connectivity index (χ2n) is 4.24. The van der Waals surface area contributed by atoms with Crippen LogP contribution in [0.25, 0.3) is 0 Å². The van der Waals surface area contributed by atoms with E-state index in [0.717, 1.165) is 11.6 Å². The van der Waals surface area contributed by atoms with E-state index in [2.05, 4.69) is 0 Å². The lowest BCUT2D eigenvalue weighted by molar-refractivity contribution is -0.134. The van der Waals surface area contributed by atoms with Crippen LogP contribution in [0.4, 0.5) is 8.78 Å². The molecule has 1 aliphatic heterocycles. The molecule has 86 valence electrons. The molecule has 0 aliphatic carbocycles. The van der Waals surface area contributed by atoms with Gasteiger partial charge in [-0.15, -0.1) is 0 Å². The minimum absolute atomic E-state index is 0.0709. The highest BCUT2D eigenvalue weighted by atomic mass is 19.2. The molecule has 0 atom stereocenters. The maximum Gasteiger partial charge on any atom is 0.219 e. The number of rotatable bonds is 2. The molecule has 1 fully saturated rings. The molecule has 0 unspecified atom stereocenters. The number of nitrogens with zero attached hydrogens (tertiary/aromatic N) is 1. The third kappa shape index (κ3) is 2.21. The van der Waals surface area contributed by atoms with Gasteiger partial charge < -0.3 is 4.90 Å².